The lowest BCUT2D eigenvalue weighted by Gasteiger charge is -2.03. The Kier molecular flexibility index (Phi) is 7.41. The molecule has 1 heterocycles. The zero-order valence-corrected chi connectivity index (χ0v) is 16.2. The summed E-state index contributed by atoms with van der Waals surface area (Å²) < 4.78 is 5.11. The number of hydrogen-bond acceptors (Lipinski definition) is 6. The van der Waals surface area contributed by atoms with Crippen molar-refractivity contribution in [2.24, 2.45) is 0 Å². The highest BCUT2D eigenvalue weighted by Crippen LogP contribution is 2.28. The highest BCUT2D eigenvalue weighted by Gasteiger charge is 2.18. The molecule has 1 aromatic heterocycles. The Morgan fingerprint density at radius 1 is 1.35 bits per heavy atom. The monoisotopic (exact) mass is 371 g/mol. The van der Waals surface area contributed by atoms with Gasteiger partial charge in [0.05, 0.1) is 7.11 Å². The highest BCUT2D eigenvalue weighted by molar-refractivity contribution is 7.18. The zero-order chi connectivity index (χ0) is 18.9. The lowest BCUT2D eigenvalue weighted by molar-refractivity contribution is 0.104. The molecule has 0 saturated carbocycles. The van der Waals surface area contributed by atoms with Crippen molar-refractivity contribution in [3.63, 3.8) is 0 Å². The maximum Gasteiger partial charge on any atom is 0.206 e. The molecular weight excluding hydrogens is 346 g/mol. The van der Waals surface area contributed by atoms with Crippen molar-refractivity contribution < 1.29 is 9.53 Å². The topological polar surface area (TPSA) is 77.2 Å². The standard InChI is InChI=1S/C20H25N3O2S/c1-4-5-6-7-14(2)12-13-22-20-23-19(21)18(26-20)17(24)15-8-10-16(25-3)11-9-15/h4-5,7-11H,6,12-13,21H2,1-3H3,(H,22,23)/b5-4-,14-7+. The predicted octanol–water partition coefficient (Wildman–Crippen LogP) is 4.68. The number of ether oxygens (including phenoxy) is 1. The molecule has 2 aromatic rings. The van der Waals surface area contributed by atoms with E-state index in [-0.39, 0.29) is 11.6 Å². The number of nitrogens with zero attached hydrogens (tertiary/aromatic N) is 1. The van der Waals surface area contributed by atoms with Gasteiger partial charge < -0.3 is 15.8 Å². The molecule has 26 heavy (non-hydrogen) atoms. The van der Waals surface area contributed by atoms with Crippen molar-refractivity contribution >= 4 is 28.1 Å². The van der Waals surface area contributed by atoms with Crippen molar-refractivity contribution in [3.05, 3.63) is 58.5 Å². The highest BCUT2D eigenvalue weighted by atomic mass is 32.1. The molecule has 3 N–H and O–H groups in total. The number of carbonyl (C=O) groups excluding carboxylic acids is 1. The molecule has 0 atom stereocenters. The van der Waals surface area contributed by atoms with Gasteiger partial charge in [-0.05, 0) is 51.0 Å². The van der Waals surface area contributed by atoms with Crippen LogP contribution in [0, 0.1) is 0 Å². The van der Waals surface area contributed by atoms with Crippen LogP contribution in [-0.2, 0) is 0 Å². The average molecular weight is 372 g/mol. The fourth-order valence-electron chi connectivity index (χ4n) is 2.32. The fourth-order valence-corrected chi connectivity index (χ4v) is 3.19. The third kappa shape index (κ3) is 5.46. The number of nitrogen functional groups attached to an aromatic ring is 1. The van der Waals surface area contributed by atoms with Crippen molar-refractivity contribution in [2.45, 2.75) is 26.7 Å². The van der Waals surface area contributed by atoms with Gasteiger partial charge in [-0.25, -0.2) is 4.98 Å². The minimum Gasteiger partial charge on any atom is -0.497 e. The summed E-state index contributed by atoms with van der Waals surface area (Å²) in [7, 11) is 1.59. The molecule has 0 radical (unpaired) electrons. The number of nitrogens with two attached hydrogens (primary N) is 1. The average Bonchev–Trinajstić information content (AvgIpc) is 3.02. The Bertz CT molecular complexity index is 792. The van der Waals surface area contributed by atoms with E-state index in [0.29, 0.717) is 21.3 Å². The molecule has 0 amide bonds. The molecule has 0 saturated heterocycles. The molecule has 2 rings (SSSR count). The van der Waals surface area contributed by atoms with Crippen LogP contribution in [0.1, 0.15) is 41.9 Å². The second-order valence-corrected chi connectivity index (χ2v) is 6.82. The zero-order valence-electron chi connectivity index (χ0n) is 15.4. The number of benzene rings is 1. The first-order chi connectivity index (χ1) is 12.5. The van der Waals surface area contributed by atoms with Crippen molar-refractivity contribution in [2.75, 3.05) is 24.7 Å². The number of allylic oxidation sites excluding steroid dienone is 3. The number of ketones is 1. The van der Waals surface area contributed by atoms with E-state index in [0.717, 1.165) is 19.4 Å². The van der Waals surface area contributed by atoms with Gasteiger partial charge in [-0.1, -0.05) is 35.1 Å². The number of thiazole rings is 1. The van der Waals surface area contributed by atoms with E-state index in [2.05, 4.69) is 29.4 Å². The maximum absolute atomic E-state index is 12.6. The van der Waals surface area contributed by atoms with E-state index in [1.54, 1.807) is 31.4 Å². The van der Waals surface area contributed by atoms with Crippen LogP contribution in [0.3, 0.4) is 0 Å². The van der Waals surface area contributed by atoms with Gasteiger partial charge in [0.15, 0.2) is 5.13 Å². The third-order valence-electron chi connectivity index (χ3n) is 3.85. The third-order valence-corrected chi connectivity index (χ3v) is 4.87. The van der Waals surface area contributed by atoms with Gasteiger partial charge in [-0.2, -0.15) is 0 Å². The quantitative estimate of drug-likeness (QED) is 0.494. The Morgan fingerprint density at radius 3 is 2.73 bits per heavy atom. The van der Waals surface area contributed by atoms with Gasteiger partial charge in [-0.3, -0.25) is 4.79 Å². The van der Waals surface area contributed by atoms with Crippen LogP contribution >= 0.6 is 11.3 Å². The first-order valence-corrected chi connectivity index (χ1v) is 9.32. The van der Waals surface area contributed by atoms with Crippen LogP contribution in [0.25, 0.3) is 0 Å². The minimum atomic E-state index is -0.127. The van der Waals surface area contributed by atoms with Crippen LogP contribution in [-0.4, -0.2) is 24.4 Å². The van der Waals surface area contributed by atoms with Gasteiger partial charge in [0, 0.05) is 12.1 Å². The number of anilines is 2. The Morgan fingerprint density at radius 2 is 2.08 bits per heavy atom. The maximum atomic E-state index is 12.6. The molecule has 5 nitrogen and oxygen atoms in total. The summed E-state index contributed by atoms with van der Waals surface area (Å²) in [5.74, 6) is 0.843. The van der Waals surface area contributed by atoms with Gasteiger partial charge in [0.2, 0.25) is 5.78 Å². The van der Waals surface area contributed by atoms with Gasteiger partial charge in [-0.15, -0.1) is 0 Å². The summed E-state index contributed by atoms with van der Waals surface area (Å²) in [6, 6.07) is 6.97. The summed E-state index contributed by atoms with van der Waals surface area (Å²) in [5, 5.41) is 3.92. The summed E-state index contributed by atoms with van der Waals surface area (Å²) >= 11 is 1.29. The number of hydrogen-bond donors (Lipinski definition) is 2. The van der Waals surface area contributed by atoms with E-state index in [1.165, 1.54) is 16.9 Å². The second kappa shape index (κ2) is 9.77. The van der Waals surface area contributed by atoms with Crippen LogP contribution in [0.4, 0.5) is 10.9 Å². The van der Waals surface area contributed by atoms with Crippen molar-refractivity contribution in [1.82, 2.24) is 4.98 Å². The lowest BCUT2D eigenvalue weighted by atomic mass is 10.1. The number of carbonyl (C=O) groups is 1. The van der Waals surface area contributed by atoms with E-state index >= 15 is 0 Å². The van der Waals surface area contributed by atoms with Crippen LogP contribution in [0.5, 0.6) is 5.75 Å². The molecule has 0 unspecified atom stereocenters. The molecule has 0 spiro atoms. The number of rotatable bonds is 9. The number of aromatic nitrogens is 1. The van der Waals surface area contributed by atoms with Crippen molar-refractivity contribution in [1.29, 1.82) is 0 Å². The van der Waals surface area contributed by atoms with Crippen LogP contribution in [0.15, 0.2) is 48.1 Å². The largest absolute Gasteiger partial charge is 0.497 e. The van der Waals surface area contributed by atoms with Gasteiger partial charge in [0.1, 0.15) is 16.4 Å². The molecule has 0 bridgehead atoms. The molecule has 1 aromatic carbocycles. The normalized spacial score (nSPS) is 11.7. The molecule has 138 valence electrons. The molecule has 0 fully saturated rings. The summed E-state index contributed by atoms with van der Waals surface area (Å²) in [6.07, 6.45) is 8.24. The molecule has 6 heteroatoms. The summed E-state index contributed by atoms with van der Waals surface area (Å²) in [5.41, 5.74) is 7.82. The van der Waals surface area contributed by atoms with Crippen LogP contribution in [0.2, 0.25) is 0 Å². The van der Waals surface area contributed by atoms with E-state index in [1.807, 2.05) is 13.0 Å². The summed E-state index contributed by atoms with van der Waals surface area (Å²) in [4.78, 5) is 17.3. The SMILES string of the molecule is C/C=C\C/C=C(\C)CCNc1nc(N)c(C(=O)c2ccc(OC)cc2)s1. The fraction of sp³-hybridized carbons (Fsp3) is 0.300. The predicted molar refractivity (Wildman–Crippen MR) is 109 cm³/mol. The lowest BCUT2D eigenvalue weighted by Crippen LogP contribution is -2.02. The van der Waals surface area contributed by atoms with E-state index in [4.69, 9.17) is 10.5 Å². The second-order valence-electron chi connectivity index (χ2n) is 5.82. The van der Waals surface area contributed by atoms with Crippen molar-refractivity contribution in [3.8, 4) is 5.75 Å². The van der Waals surface area contributed by atoms with Gasteiger partial charge >= 0.3 is 0 Å². The smallest absolute Gasteiger partial charge is 0.206 e. The van der Waals surface area contributed by atoms with E-state index < -0.39 is 0 Å². The minimum absolute atomic E-state index is 0.127. The Hall–Kier alpha value is -2.60. The first kappa shape index (κ1) is 19.7. The molecule has 0 aliphatic rings. The number of methoxy groups -OCH3 is 1. The Labute approximate surface area is 158 Å². The first-order valence-electron chi connectivity index (χ1n) is 8.50. The van der Waals surface area contributed by atoms with E-state index in [9.17, 15) is 4.79 Å². The molecular formula is C20H25N3O2S. The van der Waals surface area contributed by atoms with Gasteiger partial charge in [0.25, 0.3) is 0 Å². The molecule has 0 aliphatic heterocycles. The molecule has 0 aliphatic carbocycles. The van der Waals surface area contributed by atoms with Crippen LogP contribution < -0.4 is 15.8 Å². The summed E-state index contributed by atoms with van der Waals surface area (Å²) in [6.45, 7) is 4.88. The number of nitrogens with one attached hydrogen (secondary N) is 1. The Balaban J connectivity index is 1.97.